The molecule has 0 atom stereocenters. The highest BCUT2D eigenvalue weighted by Crippen LogP contribution is 2.17. The maximum absolute atomic E-state index is 11.1. The van der Waals surface area contributed by atoms with Gasteiger partial charge < -0.3 is 10.2 Å². The Kier molecular flexibility index (Phi) is 6.03. The first-order chi connectivity index (χ1) is 8.58. The monoisotopic (exact) mass is 309 g/mol. The molecular formula is C9H9Cl2N3O3S. The Hall–Kier alpha value is -1.18. The number of nitrogens with zero attached hydrogens (tertiary/aromatic N) is 2. The fourth-order valence-corrected chi connectivity index (χ4v) is 1.81. The molecule has 0 aliphatic carbocycles. The van der Waals surface area contributed by atoms with E-state index in [0.717, 1.165) is 11.3 Å². The second kappa shape index (κ2) is 7.30. The Morgan fingerprint density at radius 2 is 2.33 bits per heavy atom. The highest BCUT2D eigenvalue weighted by atomic mass is 35.5. The topological polar surface area (TPSA) is 80.6 Å². The zero-order valence-electron chi connectivity index (χ0n) is 9.27. The Bertz CT molecular complexity index is 475. The summed E-state index contributed by atoms with van der Waals surface area (Å²) >= 11 is 11.8. The van der Waals surface area contributed by atoms with Crippen molar-refractivity contribution in [3.8, 4) is 0 Å². The fraction of sp³-hybridized carbons (Fsp3) is 0.333. The molecule has 1 N–H and O–H groups in total. The molecule has 0 fully saturated rings. The number of carbonyl (C=O) groups is 2. The first kappa shape index (κ1) is 14.9. The lowest BCUT2D eigenvalue weighted by Crippen LogP contribution is -2.14. The number of thiazole rings is 1. The molecule has 0 aliphatic heterocycles. The predicted molar refractivity (Wildman–Crippen MR) is 70.5 cm³/mol. The van der Waals surface area contributed by atoms with Gasteiger partial charge in [0.25, 0.3) is 5.24 Å². The highest BCUT2D eigenvalue weighted by molar-refractivity contribution is 7.14. The minimum absolute atomic E-state index is 0.110. The molecule has 1 heterocycles. The van der Waals surface area contributed by atoms with Crippen LogP contribution in [0, 0.1) is 0 Å². The van der Waals surface area contributed by atoms with Crippen molar-refractivity contribution < 1.29 is 14.4 Å². The minimum atomic E-state index is -0.788. The van der Waals surface area contributed by atoms with Crippen LogP contribution in [-0.2, 0) is 14.4 Å². The predicted octanol–water partition coefficient (Wildman–Crippen LogP) is 1.83. The summed E-state index contributed by atoms with van der Waals surface area (Å²) < 4.78 is 0. The Balaban J connectivity index is 2.88. The molecule has 18 heavy (non-hydrogen) atoms. The van der Waals surface area contributed by atoms with E-state index in [0.29, 0.717) is 11.7 Å². The van der Waals surface area contributed by atoms with E-state index in [1.165, 1.54) is 5.38 Å². The Labute approximate surface area is 117 Å². The Morgan fingerprint density at radius 3 is 2.89 bits per heavy atom. The van der Waals surface area contributed by atoms with Crippen LogP contribution >= 0.6 is 34.5 Å². The van der Waals surface area contributed by atoms with Crippen molar-refractivity contribution in [1.82, 2.24) is 4.98 Å². The number of halogens is 2. The van der Waals surface area contributed by atoms with Crippen LogP contribution in [0.15, 0.2) is 10.5 Å². The first-order valence-electron chi connectivity index (χ1n) is 4.80. The standard InChI is InChI=1S/C9H9Cl2N3O3S/c1-2-17-14-7(8(11)16)5-4-18-9(12-5)13-6(15)3-10/h4H,2-3H2,1H3,(H,12,13,15)/b14-7-. The number of amides is 1. The van der Waals surface area contributed by atoms with Gasteiger partial charge in [0.05, 0.1) is 0 Å². The normalized spacial score (nSPS) is 11.2. The van der Waals surface area contributed by atoms with E-state index in [1.54, 1.807) is 6.92 Å². The van der Waals surface area contributed by atoms with Crippen molar-refractivity contribution in [2.45, 2.75) is 6.92 Å². The molecule has 9 heteroatoms. The zero-order valence-corrected chi connectivity index (χ0v) is 11.6. The van der Waals surface area contributed by atoms with Crippen LogP contribution in [0.3, 0.4) is 0 Å². The number of hydrogen-bond donors (Lipinski definition) is 1. The van der Waals surface area contributed by atoms with Crippen LogP contribution in [0.1, 0.15) is 12.6 Å². The average molecular weight is 310 g/mol. The lowest BCUT2D eigenvalue weighted by Gasteiger charge is -1.98. The maximum Gasteiger partial charge on any atom is 0.276 e. The summed E-state index contributed by atoms with van der Waals surface area (Å²) in [7, 11) is 0. The van der Waals surface area contributed by atoms with Crippen LogP contribution in [0.25, 0.3) is 0 Å². The molecule has 0 radical (unpaired) electrons. The van der Waals surface area contributed by atoms with Crippen LogP contribution in [0.2, 0.25) is 0 Å². The van der Waals surface area contributed by atoms with Gasteiger partial charge in [0.2, 0.25) is 5.91 Å². The molecular weight excluding hydrogens is 301 g/mol. The van der Waals surface area contributed by atoms with Crippen molar-refractivity contribution in [2.75, 3.05) is 17.8 Å². The van der Waals surface area contributed by atoms with Crippen LogP contribution in [0.5, 0.6) is 0 Å². The summed E-state index contributed by atoms with van der Waals surface area (Å²) in [4.78, 5) is 30.9. The van der Waals surface area contributed by atoms with E-state index in [4.69, 9.17) is 28.0 Å². The maximum atomic E-state index is 11.1. The molecule has 1 rings (SSSR count). The van der Waals surface area contributed by atoms with E-state index >= 15 is 0 Å². The second-order valence-corrected chi connectivity index (χ2v) is 4.32. The van der Waals surface area contributed by atoms with Crippen molar-refractivity contribution in [1.29, 1.82) is 0 Å². The summed E-state index contributed by atoms with van der Waals surface area (Å²) in [5.74, 6) is -0.568. The molecule has 1 aromatic heterocycles. The number of oxime groups is 1. The van der Waals surface area contributed by atoms with Gasteiger partial charge in [-0.25, -0.2) is 4.98 Å². The summed E-state index contributed by atoms with van der Waals surface area (Å²) in [6.45, 7) is 2.01. The largest absolute Gasteiger partial charge is 0.395 e. The number of aromatic nitrogens is 1. The van der Waals surface area contributed by atoms with Crippen molar-refractivity contribution in [3.05, 3.63) is 11.1 Å². The van der Waals surface area contributed by atoms with E-state index in [2.05, 4.69) is 15.5 Å². The van der Waals surface area contributed by atoms with Crippen molar-refractivity contribution in [2.24, 2.45) is 5.16 Å². The molecule has 98 valence electrons. The second-order valence-electron chi connectivity index (χ2n) is 2.85. The number of alkyl halides is 1. The molecule has 0 saturated carbocycles. The van der Waals surface area contributed by atoms with Gasteiger partial charge in [0.15, 0.2) is 10.8 Å². The third kappa shape index (κ3) is 4.25. The van der Waals surface area contributed by atoms with Crippen LogP contribution in [0.4, 0.5) is 5.13 Å². The summed E-state index contributed by atoms with van der Waals surface area (Å²) in [5, 5.41) is 7.06. The molecule has 1 aromatic rings. The van der Waals surface area contributed by atoms with Gasteiger partial charge in [-0.2, -0.15) is 0 Å². The highest BCUT2D eigenvalue weighted by Gasteiger charge is 2.17. The van der Waals surface area contributed by atoms with E-state index < -0.39 is 11.1 Å². The molecule has 0 spiro atoms. The quantitative estimate of drug-likeness (QED) is 0.376. The van der Waals surface area contributed by atoms with E-state index in [-0.39, 0.29) is 17.3 Å². The fourth-order valence-electron chi connectivity index (χ4n) is 0.905. The number of rotatable bonds is 6. The molecule has 1 amide bonds. The number of nitrogens with one attached hydrogen (secondary N) is 1. The minimum Gasteiger partial charge on any atom is -0.395 e. The van der Waals surface area contributed by atoms with Crippen molar-refractivity contribution in [3.63, 3.8) is 0 Å². The van der Waals surface area contributed by atoms with Crippen LogP contribution < -0.4 is 5.32 Å². The Morgan fingerprint density at radius 1 is 1.61 bits per heavy atom. The number of carbonyl (C=O) groups excluding carboxylic acids is 2. The smallest absolute Gasteiger partial charge is 0.276 e. The number of hydrogen-bond acceptors (Lipinski definition) is 6. The van der Waals surface area contributed by atoms with Gasteiger partial charge in [-0.1, -0.05) is 5.16 Å². The lowest BCUT2D eigenvalue weighted by molar-refractivity contribution is -0.114. The zero-order chi connectivity index (χ0) is 13.5. The molecule has 0 aromatic carbocycles. The van der Waals surface area contributed by atoms with E-state index in [9.17, 15) is 9.59 Å². The van der Waals surface area contributed by atoms with Crippen molar-refractivity contribution >= 4 is 56.5 Å². The van der Waals surface area contributed by atoms with Gasteiger partial charge in [-0.05, 0) is 18.5 Å². The summed E-state index contributed by atoms with van der Waals surface area (Å²) in [5.41, 5.74) is 0.125. The van der Waals surface area contributed by atoms with E-state index in [1.807, 2.05) is 0 Å². The molecule has 6 nitrogen and oxygen atoms in total. The summed E-state index contributed by atoms with van der Waals surface area (Å²) in [6.07, 6.45) is 0. The first-order valence-corrected chi connectivity index (χ1v) is 6.59. The SMILES string of the molecule is CCO/N=C(\C(=O)Cl)c1csc(NC(=O)CCl)n1. The van der Waals surface area contributed by atoms with Crippen LogP contribution in [-0.4, -0.2) is 34.3 Å². The van der Waals surface area contributed by atoms with Gasteiger partial charge in [0.1, 0.15) is 18.2 Å². The van der Waals surface area contributed by atoms with Gasteiger partial charge in [-0.3, -0.25) is 9.59 Å². The number of anilines is 1. The molecule has 0 saturated heterocycles. The van der Waals surface area contributed by atoms with Gasteiger partial charge in [-0.15, -0.1) is 22.9 Å². The molecule has 0 bridgehead atoms. The van der Waals surface area contributed by atoms with Gasteiger partial charge in [0, 0.05) is 5.38 Å². The lowest BCUT2D eigenvalue weighted by atomic mass is 10.3. The van der Waals surface area contributed by atoms with Gasteiger partial charge >= 0.3 is 0 Å². The molecule has 0 aliphatic rings. The average Bonchev–Trinajstić information content (AvgIpc) is 2.77. The third-order valence-corrected chi connectivity index (χ3v) is 2.77. The third-order valence-electron chi connectivity index (χ3n) is 1.59. The summed E-state index contributed by atoms with van der Waals surface area (Å²) in [6, 6.07) is 0. The molecule has 0 unspecified atom stereocenters.